The predicted molar refractivity (Wildman–Crippen MR) is 67.7 cm³/mol. The van der Waals surface area contributed by atoms with Crippen molar-refractivity contribution in [2.45, 2.75) is 52.6 Å². The molecular weight excluding hydrogens is 186 g/mol. The highest BCUT2D eigenvalue weighted by Crippen LogP contribution is 2.05. The summed E-state index contributed by atoms with van der Waals surface area (Å²) in [6, 6.07) is 0.625. The lowest BCUT2D eigenvalue weighted by Gasteiger charge is -2.22. The topological polar surface area (TPSA) is 64.1 Å². The van der Waals surface area contributed by atoms with Crippen LogP contribution >= 0.6 is 0 Å². The zero-order chi connectivity index (χ0) is 11.8. The number of nitrogens with one attached hydrogen (secondary N) is 1. The van der Waals surface area contributed by atoms with Gasteiger partial charge in [-0.1, -0.05) is 27.7 Å². The van der Waals surface area contributed by atoms with Crippen molar-refractivity contribution >= 4 is 0 Å². The van der Waals surface area contributed by atoms with Gasteiger partial charge in [-0.3, -0.25) is 0 Å². The number of rotatable bonds is 8. The fourth-order valence-electron chi connectivity index (χ4n) is 1.65. The van der Waals surface area contributed by atoms with Gasteiger partial charge in [-0.05, 0) is 37.8 Å². The molecule has 3 nitrogen and oxygen atoms in total. The summed E-state index contributed by atoms with van der Waals surface area (Å²) in [4.78, 5) is 0. The van der Waals surface area contributed by atoms with Gasteiger partial charge in [-0.2, -0.15) is 0 Å². The molecule has 0 aliphatic carbocycles. The first-order valence-electron chi connectivity index (χ1n) is 6.24. The van der Waals surface area contributed by atoms with E-state index in [1.165, 1.54) is 0 Å². The van der Waals surface area contributed by atoms with Gasteiger partial charge in [-0.15, -0.1) is 0 Å². The van der Waals surface area contributed by atoms with E-state index in [1.54, 1.807) is 0 Å². The van der Waals surface area contributed by atoms with E-state index >= 15 is 0 Å². The van der Waals surface area contributed by atoms with Crippen LogP contribution in [0.15, 0.2) is 0 Å². The molecule has 15 heavy (non-hydrogen) atoms. The fraction of sp³-hybridized carbons (Fsp3) is 1.00. The quantitative estimate of drug-likeness (QED) is 0.572. The second-order valence-electron chi connectivity index (χ2n) is 4.76. The molecule has 4 atom stereocenters. The van der Waals surface area contributed by atoms with E-state index in [4.69, 9.17) is 11.5 Å². The lowest BCUT2D eigenvalue weighted by atomic mass is 9.98. The summed E-state index contributed by atoms with van der Waals surface area (Å²) in [5, 5.41) is 3.46. The summed E-state index contributed by atoms with van der Waals surface area (Å²) in [6.07, 6.45) is 2.10. The van der Waals surface area contributed by atoms with Gasteiger partial charge in [0.25, 0.3) is 0 Å². The Labute approximate surface area is 95.0 Å². The Bertz CT molecular complexity index is 134. The van der Waals surface area contributed by atoms with Crippen LogP contribution in [0.1, 0.15) is 40.5 Å². The zero-order valence-electron chi connectivity index (χ0n) is 10.8. The summed E-state index contributed by atoms with van der Waals surface area (Å²) < 4.78 is 0. The van der Waals surface area contributed by atoms with Crippen LogP contribution in [-0.2, 0) is 0 Å². The predicted octanol–water partition coefficient (Wildman–Crippen LogP) is 1.32. The second-order valence-corrected chi connectivity index (χ2v) is 4.76. The molecule has 0 amide bonds. The smallest absolute Gasteiger partial charge is 0.00740 e. The fourth-order valence-corrected chi connectivity index (χ4v) is 1.65. The monoisotopic (exact) mass is 215 g/mol. The first-order chi connectivity index (χ1) is 7.02. The maximum Gasteiger partial charge on any atom is 0.00740 e. The molecule has 0 aliphatic heterocycles. The van der Waals surface area contributed by atoms with Gasteiger partial charge in [-0.25, -0.2) is 0 Å². The van der Waals surface area contributed by atoms with Crippen LogP contribution in [0.4, 0.5) is 0 Å². The molecule has 3 heteroatoms. The molecule has 0 rings (SSSR count). The van der Waals surface area contributed by atoms with Crippen LogP contribution in [0.3, 0.4) is 0 Å². The van der Waals surface area contributed by atoms with Crippen molar-refractivity contribution in [3.63, 3.8) is 0 Å². The van der Waals surface area contributed by atoms with E-state index in [1.807, 2.05) is 0 Å². The van der Waals surface area contributed by atoms with Gasteiger partial charge in [0, 0.05) is 12.1 Å². The molecule has 0 aromatic rings. The van der Waals surface area contributed by atoms with Crippen LogP contribution < -0.4 is 16.8 Å². The largest absolute Gasteiger partial charge is 0.327 e. The molecule has 0 saturated heterocycles. The minimum Gasteiger partial charge on any atom is -0.327 e. The first kappa shape index (κ1) is 14.9. The summed E-state index contributed by atoms with van der Waals surface area (Å²) in [5.74, 6) is 1.08. The molecule has 5 N–H and O–H groups in total. The average Bonchev–Trinajstić information content (AvgIpc) is 2.26. The molecule has 0 heterocycles. The van der Waals surface area contributed by atoms with Crippen LogP contribution in [-0.4, -0.2) is 25.2 Å². The van der Waals surface area contributed by atoms with Crippen LogP contribution in [0, 0.1) is 11.8 Å². The summed E-state index contributed by atoms with van der Waals surface area (Å²) >= 11 is 0. The maximum absolute atomic E-state index is 5.95. The highest BCUT2D eigenvalue weighted by molar-refractivity contribution is 4.73. The molecule has 4 unspecified atom stereocenters. The average molecular weight is 215 g/mol. The van der Waals surface area contributed by atoms with Crippen molar-refractivity contribution in [2.75, 3.05) is 13.1 Å². The minimum absolute atomic E-state index is 0.313. The summed E-state index contributed by atoms with van der Waals surface area (Å²) in [5.41, 5.74) is 11.9. The highest BCUT2D eigenvalue weighted by Gasteiger charge is 2.13. The molecule has 0 aromatic heterocycles. The SMILES string of the molecule is CCC(N)C(C)CNCC(C)C(N)CC. The number of hydrogen-bond donors (Lipinski definition) is 3. The Morgan fingerprint density at radius 3 is 1.47 bits per heavy atom. The van der Waals surface area contributed by atoms with Crippen LogP contribution in [0.5, 0.6) is 0 Å². The number of nitrogens with two attached hydrogens (primary N) is 2. The third-order valence-electron chi connectivity index (χ3n) is 3.34. The molecule has 0 aromatic carbocycles. The molecule has 0 aliphatic rings. The minimum atomic E-state index is 0.313. The Kier molecular flexibility index (Phi) is 8.02. The Balaban J connectivity index is 3.60. The first-order valence-corrected chi connectivity index (χ1v) is 6.24. The molecule has 0 radical (unpaired) electrons. The highest BCUT2D eigenvalue weighted by atomic mass is 14.9. The number of hydrogen-bond acceptors (Lipinski definition) is 3. The molecular formula is C12H29N3. The van der Waals surface area contributed by atoms with Crippen molar-refractivity contribution in [3.8, 4) is 0 Å². The Morgan fingerprint density at radius 1 is 0.867 bits per heavy atom. The van der Waals surface area contributed by atoms with E-state index in [0.29, 0.717) is 23.9 Å². The lowest BCUT2D eigenvalue weighted by molar-refractivity contribution is 0.370. The van der Waals surface area contributed by atoms with Crippen molar-refractivity contribution in [3.05, 3.63) is 0 Å². The maximum atomic E-state index is 5.95. The Hall–Kier alpha value is -0.120. The molecule has 0 saturated carbocycles. The van der Waals surface area contributed by atoms with Gasteiger partial charge in [0.2, 0.25) is 0 Å². The molecule has 0 bridgehead atoms. The Morgan fingerprint density at radius 2 is 1.20 bits per heavy atom. The lowest BCUT2D eigenvalue weighted by Crippen LogP contribution is -2.39. The van der Waals surface area contributed by atoms with E-state index in [2.05, 4.69) is 33.0 Å². The summed E-state index contributed by atoms with van der Waals surface area (Å²) in [7, 11) is 0. The molecule has 0 spiro atoms. The van der Waals surface area contributed by atoms with Crippen LogP contribution in [0.2, 0.25) is 0 Å². The van der Waals surface area contributed by atoms with E-state index in [9.17, 15) is 0 Å². The standard InChI is InChI=1S/C12H29N3/c1-5-11(13)9(3)7-15-8-10(4)12(14)6-2/h9-12,15H,5-8,13-14H2,1-4H3. The second kappa shape index (κ2) is 8.08. The van der Waals surface area contributed by atoms with Crippen molar-refractivity contribution < 1.29 is 0 Å². The van der Waals surface area contributed by atoms with Crippen molar-refractivity contribution in [2.24, 2.45) is 23.3 Å². The molecule has 92 valence electrons. The van der Waals surface area contributed by atoms with Gasteiger partial charge in [0.1, 0.15) is 0 Å². The van der Waals surface area contributed by atoms with E-state index < -0.39 is 0 Å². The van der Waals surface area contributed by atoms with Gasteiger partial charge < -0.3 is 16.8 Å². The van der Waals surface area contributed by atoms with Crippen molar-refractivity contribution in [1.82, 2.24) is 5.32 Å². The van der Waals surface area contributed by atoms with E-state index in [0.717, 1.165) is 25.9 Å². The normalized spacial score (nSPS) is 19.6. The van der Waals surface area contributed by atoms with E-state index in [-0.39, 0.29) is 0 Å². The zero-order valence-corrected chi connectivity index (χ0v) is 10.8. The van der Waals surface area contributed by atoms with Crippen molar-refractivity contribution in [1.29, 1.82) is 0 Å². The van der Waals surface area contributed by atoms with Crippen LogP contribution in [0.25, 0.3) is 0 Å². The third-order valence-corrected chi connectivity index (χ3v) is 3.34. The molecule has 0 fully saturated rings. The van der Waals surface area contributed by atoms with Gasteiger partial charge in [0.15, 0.2) is 0 Å². The van der Waals surface area contributed by atoms with Gasteiger partial charge in [0.05, 0.1) is 0 Å². The third kappa shape index (κ3) is 6.13. The summed E-state index contributed by atoms with van der Waals surface area (Å²) in [6.45, 7) is 10.7. The van der Waals surface area contributed by atoms with Gasteiger partial charge >= 0.3 is 0 Å².